The van der Waals surface area contributed by atoms with Crippen LogP contribution in [-0.2, 0) is 4.79 Å². The molecule has 0 aliphatic carbocycles. The van der Waals surface area contributed by atoms with E-state index < -0.39 is 5.82 Å². The van der Waals surface area contributed by atoms with Gasteiger partial charge in [0.1, 0.15) is 11.5 Å². The second-order valence-electron chi connectivity index (χ2n) is 4.57. The summed E-state index contributed by atoms with van der Waals surface area (Å²) in [7, 11) is 3.02. The molecule has 0 radical (unpaired) electrons. The summed E-state index contributed by atoms with van der Waals surface area (Å²) >= 11 is 5.69. The van der Waals surface area contributed by atoms with Gasteiger partial charge in [-0.3, -0.25) is 4.79 Å². The number of halogens is 2. The van der Waals surface area contributed by atoms with Gasteiger partial charge in [0.25, 0.3) is 0 Å². The third-order valence-corrected chi connectivity index (χ3v) is 3.36. The fraction of sp³-hybridized carbons (Fsp3) is 0.188. The van der Waals surface area contributed by atoms with Crippen LogP contribution in [0.4, 0.5) is 15.8 Å². The lowest BCUT2D eigenvalue weighted by molar-refractivity contribution is -0.114. The van der Waals surface area contributed by atoms with Crippen LogP contribution in [0.3, 0.4) is 0 Å². The predicted molar refractivity (Wildman–Crippen MR) is 88.1 cm³/mol. The number of methoxy groups -OCH3 is 2. The van der Waals surface area contributed by atoms with Gasteiger partial charge in [0.2, 0.25) is 5.91 Å². The average molecular weight is 339 g/mol. The summed E-state index contributed by atoms with van der Waals surface area (Å²) in [6, 6.07) is 9.56. The molecule has 5 nitrogen and oxygen atoms in total. The number of carbonyl (C=O) groups is 1. The minimum atomic E-state index is -0.596. The Morgan fingerprint density at radius 1 is 1.17 bits per heavy atom. The zero-order valence-corrected chi connectivity index (χ0v) is 13.4. The summed E-state index contributed by atoms with van der Waals surface area (Å²) in [6.45, 7) is -0.127. The molecule has 0 unspecified atom stereocenters. The molecule has 0 saturated heterocycles. The Kier molecular flexibility index (Phi) is 5.65. The summed E-state index contributed by atoms with van der Waals surface area (Å²) in [4.78, 5) is 12.0. The fourth-order valence-electron chi connectivity index (χ4n) is 1.92. The van der Waals surface area contributed by atoms with E-state index in [9.17, 15) is 9.18 Å². The largest absolute Gasteiger partial charge is 0.497 e. The lowest BCUT2D eigenvalue weighted by atomic mass is 10.2. The van der Waals surface area contributed by atoms with E-state index in [1.807, 2.05) is 0 Å². The molecule has 0 heterocycles. The van der Waals surface area contributed by atoms with Crippen molar-refractivity contribution in [3.05, 3.63) is 47.2 Å². The number of hydrogen-bond donors (Lipinski definition) is 2. The van der Waals surface area contributed by atoms with Crippen LogP contribution in [-0.4, -0.2) is 26.7 Å². The molecule has 0 aromatic heterocycles. The quantitative estimate of drug-likeness (QED) is 0.845. The van der Waals surface area contributed by atoms with E-state index in [1.165, 1.54) is 26.4 Å². The number of amides is 1. The molecule has 0 aliphatic rings. The van der Waals surface area contributed by atoms with Crippen LogP contribution in [0.5, 0.6) is 11.5 Å². The third-order valence-electron chi connectivity index (χ3n) is 3.07. The molecule has 23 heavy (non-hydrogen) atoms. The maximum absolute atomic E-state index is 13.7. The van der Waals surface area contributed by atoms with Crippen molar-refractivity contribution in [3.8, 4) is 11.5 Å². The smallest absolute Gasteiger partial charge is 0.243 e. The molecule has 122 valence electrons. The number of benzene rings is 2. The van der Waals surface area contributed by atoms with Gasteiger partial charge < -0.3 is 20.1 Å². The van der Waals surface area contributed by atoms with Gasteiger partial charge in [-0.1, -0.05) is 17.7 Å². The van der Waals surface area contributed by atoms with E-state index in [1.54, 1.807) is 24.3 Å². The molecule has 0 aliphatic heterocycles. The zero-order valence-electron chi connectivity index (χ0n) is 12.7. The Bertz CT molecular complexity index is 710. The lowest BCUT2D eigenvalue weighted by Gasteiger charge is -2.13. The monoisotopic (exact) mass is 338 g/mol. The van der Waals surface area contributed by atoms with E-state index >= 15 is 0 Å². The highest BCUT2D eigenvalue weighted by Gasteiger charge is 2.11. The maximum atomic E-state index is 13.7. The van der Waals surface area contributed by atoms with Crippen LogP contribution < -0.4 is 20.1 Å². The van der Waals surface area contributed by atoms with Crippen molar-refractivity contribution in [2.24, 2.45) is 0 Å². The summed E-state index contributed by atoms with van der Waals surface area (Å²) in [6.07, 6.45) is 0. The molecule has 0 fully saturated rings. The van der Waals surface area contributed by atoms with Crippen LogP contribution in [0.15, 0.2) is 36.4 Å². The van der Waals surface area contributed by atoms with Crippen molar-refractivity contribution in [1.29, 1.82) is 0 Å². The topological polar surface area (TPSA) is 59.6 Å². The molecule has 1 amide bonds. The first kappa shape index (κ1) is 16.9. The summed E-state index contributed by atoms with van der Waals surface area (Å²) < 4.78 is 24.0. The first-order valence-corrected chi connectivity index (χ1v) is 7.12. The highest BCUT2D eigenvalue weighted by molar-refractivity contribution is 6.31. The van der Waals surface area contributed by atoms with Gasteiger partial charge in [0, 0.05) is 6.07 Å². The number of carbonyl (C=O) groups excluding carboxylic acids is 1. The van der Waals surface area contributed by atoms with Gasteiger partial charge in [-0.25, -0.2) is 4.39 Å². The van der Waals surface area contributed by atoms with Gasteiger partial charge in [-0.05, 0) is 24.3 Å². The Balaban J connectivity index is 2.03. The molecule has 0 spiro atoms. The van der Waals surface area contributed by atoms with E-state index in [0.717, 1.165) is 0 Å². The van der Waals surface area contributed by atoms with E-state index in [4.69, 9.17) is 21.1 Å². The van der Waals surface area contributed by atoms with Crippen molar-refractivity contribution in [2.75, 3.05) is 31.4 Å². The van der Waals surface area contributed by atoms with Crippen LogP contribution in [0.25, 0.3) is 0 Å². The van der Waals surface area contributed by atoms with Gasteiger partial charge in [-0.15, -0.1) is 0 Å². The third kappa shape index (κ3) is 4.26. The standard InChI is InChI=1S/C16H16ClFN2O3/c1-22-10-6-7-14(23-2)13(8-10)20-15(21)9-19-12-5-3-4-11(17)16(12)18/h3-8,19H,9H2,1-2H3,(H,20,21). The first-order chi connectivity index (χ1) is 11.0. The van der Waals surface area contributed by atoms with E-state index in [0.29, 0.717) is 17.2 Å². The summed E-state index contributed by atoms with van der Waals surface area (Å²) in [5.41, 5.74) is 0.621. The fourth-order valence-corrected chi connectivity index (χ4v) is 2.10. The van der Waals surface area contributed by atoms with Crippen LogP contribution in [0, 0.1) is 5.82 Å². The van der Waals surface area contributed by atoms with E-state index in [-0.39, 0.29) is 23.2 Å². The van der Waals surface area contributed by atoms with Crippen LogP contribution >= 0.6 is 11.6 Å². The first-order valence-electron chi connectivity index (χ1n) is 6.75. The van der Waals surface area contributed by atoms with Crippen molar-refractivity contribution in [1.82, 2.24) is 0 Å². The predicted octanol–water partition coefficient (Wildman–Crippen LogP) is 3.55. The second kappa shape index (κ2) is 7.69. The molecule has 7 heteroatoms. The van der Waals surface area contributed by atoms with Gasteiger partial charge in [0.15, 0.2) is 5.82 Å². The summed E-state index contributed by atoms with van der Waals surface area (Å²) in [5.74, 6) is 0.111. The second-order valence-corrected chi connectivity index (χ2v) is 4.98. The van der Waals surface area contributed by atoms with Gasteiger partial charge in [0.05, 0.1) is 37.2 Å². The molecule has 2 aromatic rings. The maximum Gasteiger partial charge on any atom is 0.243 e. The summed E-state index contributed by atoms with van der Waals surface area (Å²) in [5, 5.41) is 5.37. The number of ether oxygens (including phenoxy) is 2. The van der Waals surface area contributed by atoms with Crippen molar-refractivity contribution < 1.29 is 18.7 Å². The minimum absolute atomic E-state index is 0.00938. The molecular weight excluding hydrogens is 323 g/mol. The van der Waals surface area contributed by atoms with Crippen molar-refractivity contribution in [2.45, 2.75) is 0 Å². The molecule has 0 saturated carbocycles. The molecule has 2 rings (SSSR count). The van der Waals surface area contributed by atoms with Crippen LogP contribution in [0.1, 0.15) is 0 Å². The molecule has 2 aromatic carbocycles. The average Bonchev–Trinajstić information content (AvgIpc) is 2.56. The van der Waals surface area contributed by atoms with Crippen LogP contribution in [0.2, 0.25) is 5.02 Å². The Morgan fingerprint density at radius 3 is 2.65 bits per heavy atom. The lowest BCUT2D eigenvalue weighted by Crippen LogP contribution is -2.22. The molecular formula is C16H16ClFN2O3. The van der Waals surface area contributed by atoms with E-state index in [2.05, 4.69) is 10.6 Å². The Labute approximate surface area is 138 Å². The Morgan fingerprint density at radius 2 is 1.96 bits per heavy atom. The molecule has 0 atom stereocenters. The highest BCUT2D eigenvalue weighted by atomic mass is 35.5. The normalized spacial score (nSPS) is 10.1. The zero-order chi connectivity index (χ0) is 16.8. The minimum Gasteiger partial charge on any atom is -0.497 e. The highest BCUT2D eigenvalue weighted by Crippen LogP contribution is 2.29. The Hall–Kier alpha value is -2.47. The van der Waals surface area contributed by atoms with Crippen molar-refractivity contribution >= 4 is 28.9 Å². The van der Waals surface area contributed by atoms with Crippen molar-refractivity contribution in [3.63, 3.8) is 0 Å². The number of nitrogens with one attached hydrogen (secondary N) is 2. The number of anilines is 2. The van der Waals surface area contributed by atoms with Gasteiger partial charge in [-0.2, -0.15) is 0 Å². The number of rotatable bonds is 6. The molecule has 0 bridgehead atoms. The SMILES string of the molecule is COc1ccc(OC)c(NC(=O)CNc2cccc(Cl)c2F)c1. The molecule has 2 N–H and O–H groups in total. The van der Waals surface area contributed by atoms with Gasteiger partial charge >= 0.3 is 0 Å². The number of hydrogen-bond acceptors (Lipinski definition) is 4.